The van der Waals surface area contributed by atoms with Crippen molar-refractivity contribution in [2.75, 3.05) is 13.1 Å². The van der Waals surface area contributed by atoms with E-state index in [9.17, 15) is 13.6 Å². The summed E-state index contributed by atoms with van der Waals surface area (Å²) in [6.07, 6.45) is 0.134. The summed E-state index contributed by atoms with van der Waals surface area (Å²) in [6, 6.07) is 0. The minimum Gasteiger partial charge on any atom is -0.336 e. The number of amides is 1. The highest BCUT2D eigenvalue weighted by Gasteiger charge is 2.39. The zero-order valence-corrected chi connectivity index (χ0v) is 8.44. The van der Waals surface area contributed by atoms with Crippen LogP contribution in [0.5, 0.6) is 0 Å². The highest BCUT2D eigenvalue weighted by atomic mass is 19.3. The molecule has 0 N–H and O–H groups in total. The highest BCUT2D eigenvalue weighted by Crippen LogP contribution is 2.26. The summed E-state index contributed by atoms with van der Waals surface area (Å²) in [5, 5.41) is 0. The van der Waals surface area contributed by atoms with E-state index >= 15 is 0 Å². The molecule has 1 saturated heterocycles. The van der Waals surface area contributed by atoms with E-state index in [2.05, 4.69) is 0 Å². The van der Waals surface area contributed by atoms with Gasteiger partial charge in [-0.3, -0.25) is 4.79 Å². The first-order valence-electron chi connectivity index (χ1n) is 4.71. The fourth-order valence-electron chi connectivity index (χ4n) is 1.17. The van der Waals surface area contributed by atoms with Crippen molar-refractivity contribution in [2.45, 2.75) is 39.5 Å². The van der Waals surface area contributed by atoms with Gasteiger partial charge in [0.25, 0.3) is 5.92 Å². The Bertz CT molecular complexity index is 171. The second kappa shape index (κ2) is 5.14. The zero-order chi connectivity index (χ0) is 10.5. The van der Waals surface area contributed by atoms with Gasteiger partial charge in [0, 0.05) is 19.4 Å². The van der Waals surface area contributed by atoms with E-state index in [4.69, 9.17) is 0 Å². The summed E-state index contributed by atoms with van der Waals surface area (Å²) in [5.74, 6) is -2.83. The molecule has 0 aromatic heterocycles. The Hall–Kier alpha value is -0.670. The highest BCUT2D eigenvalue weighted by molar-refractivity contribution is 5.76. The topological polar surface area (TPSA) is 20.3 Å². The van der Waals surface area contributed by atoms with Crippen LogP contribution in [0.3, 0.4) is 0 Å². The first-order chi connectivity index (χ1) is 6.05. The van der Waals surface area contributed by atoms with E-state index in [1.807, 2.05) is 13.8 Å². The number of halogens is 2. The molecule has 4 heteroatoms. The maximum absolute atomic E-state index is 12.5. The van der Waals surface area contributed by atoms with E-state index in [1.54, 1.807) is 6.92 Å². The molecule has 2 nitrogen and oxygen atoms in total. The normalized spacial score (nSPS) is 19.3. The van der Waals surface area contributed by atoms with Gasteiger partial charge >= 0.3 is 0 Å². The maximum atomic E-state index is 12.5. The van der Waals surface area contributed by atoms with E-state index in [1.165, 1.54) is 4.90 Å². The number of alkyl halides is 2. The van der Waals surface area contributed by atoms with Crippen LogP contribution in [0, 0.1) is 0 Å². The monoisotopic (exact) mass is 193 g/mol. The lowest BCUT2D eigenvalue weighted by molar-refractivity contribution is -0.131. The van der Waals surface area contributed by atoms with Gasteiger partial charge in [-0.15, -0.1) is 0 Å². The Labute approximate surface area is 77.9 Å². The summed E-state index contributed by atoms with van der Waals surface area (Å²) in [4.78, 5) is 12.1. The van der Waals surface area contributed by atoms with E-state index < -0.39 is 5.92 Å². The molecule has 0 aromatic carbocycles. The van der Waals surface area contributed by atoms with Gasteiger partial charge < -0.3 is 4.90 Å². The first-order valence-corrected chi connectivity index (χ1v) is 4.71. The van der Waals surface area contributed by atoms with Gasteiger partial charge in [-0.2, -0.15) is 0 Å². The quantitative estimate of drug-likeness (QED) is 0.625. The first kappa shape index (κ1) is 12.3. The molecule has 1 amide bonds. The zero-order valence-electron chi connectivity index (χ0n) is 8.44. The third-order valence-corrected chi connectivity index (χ3v) is 1.82. The molecule has 1 aliphatic rings. The number of likely N-dealkylation sites (tertiary alicyclic amines) is 1. The minimum absolute atomic E-state index is 0.179. The molecule has 0 atom stereocenters. The lowest BCUT2D eigenvalue weighted by atomic mass is 10.3. The van der Waals surface area contributed by atoms with Gasteiger partial charge in [-0.05, 0) is 0 Å². The van der Waals surface area contributed by atoms with Crippen LogP contribution in [-0.4, -0.2) is 29.8 Å². The number of hydrogen-bond donors (Lipinski definition) is 0. The SMILES string of the molecule is CC.CCC(=O)N1CCC(F)(F)C1. The van der Waals surface area contributed by atoms with Gasteiger partial charge in [0.15, 0.2) is 0 Å². The average molecular weight is 193 g/mol. The summed E-state index contributed by atoms with van der Waals surface area (Å²) in [6.45, 7) is 5.50. The van der Waals surface area contributed by atoms with Crippen molar-refractivity contribution in [3.8, 4) is 0 Å². The Balaban J connectivity index is 0.000000671. The molecule has 0 aromatic rings. The van der Waals surface area contributed by atoms with Crippen molar-refractivity contribution in [1.29, 1.82) is 0 Å². The average Bonchev–Trinajstić information content (AvgIpc) is 2.48. The predicted octanol–water partition coefficient (Wildman–Crippen LogP) is 2.29. The Kier molecular flexibility index (Phi) is 4.88. The fourth-order valence-corrected chi connectivity index (χ4v) is 1.17. The number of rotatable bonds is 1. The standard InChI is InChI=1S/C7H11F2NO.C2H6/c1-2-6(11)10-4-3-7(8,9)5-10;1-2/h2-5H2,1H3;1-2H3. The number of carbonyl (C=O) groups is 1. The predicted molar refractivity (Wildman–Crippen MR) is 47.8 cm³/mol. The molecule has 1 rings (SSSR count). The third-order valence-electron chi connectivity index (χ3n) is 1.82. The van der Waals surface area contributed by atoms with Crippen molar-refractivity contribution < 1.29 is 13.6 Å². The summed E-state index contributed by atoms with van der Waals surface area (Å²) in [7, 11) is 0. The van der Waals surface area contributed by atoms with Gasteiger partial charge in [0.2, 0.25) is 5.91 Å². The summed E-state index contributed by atoms with van der Waals surface area (Å²) in [5.41, 5.74) is 0. The van der Waals surface area contributed by atoms with Gasteiger partial charge in [0.1, 0.15) is 0 Å². The van der Waals surface area contributed by atoms with Crippen molar-refractivity contribution in [1.82, 2.24) is 4.90 Å². The van der Waals surface area contributed by atoms with Crippen LogP contribution in [0.15, 0.2) is 0 Å². The molecule has 1 fully saturated rings. The summed E-state index contributed by atoms with van der Waals surface area (Å²) < 4.78 is 25.0. The number of carbonyl (C=O) groups excluding carboxylic acids is 1. The molecule has 0 bridgehead atoms. The Morgan fingerprint density at radius 1 is 1.46 bits per heavy atom. The van der Waals surface area contributed by atoms with Crippen LogP contribution in [0.25, 0.3) is 0 Å². The van der Waals surface area contributed by atoms with Crippen LogP contribution in [0.1, 0.15) is 33.6 Å². The van der Waals surface area contributed by atoms with Crippen LogP contribution >= 0.6 is 0 Å². The molecule has 0 spiro atoms. The Morgan fingerprint density at radius 2 is 2.00 bits per heavy atom. The minimum atomic E-state index is -2.65. The van der Waals surface area contributed by atoms with Gasteiger partial charge in [-0.25, -0.2) is 8.78 Å². The van der Waals surface area contributed by atoms with Gasteiger partial charge in [0.05, 0.1) is 6.54 Å². The smallest absolute Gasteiger partial charge is 0.267 e. The molecule has 0 unspecified atom stereocenters. The van der Waals surface area contributed by atoms with Crippen LogP contribution in [0.4, 0.5) is 8.78 Å². The van der Waals surface area contributed by atoms with Crippen LogP contribution in [-0.2, 0) is 4.79 Å². The second-order valence-electron chi connectivity index (χ2n) is 2.77. The van der Waals surface area contributed by atoms with E-state index in [-0.39, 0.29) is 25.4 Å². The van der Waals surface area contributed by atoms with Crippen molar-refractivity contribution in [3.05, 3.63) is 0 Å². The van der Waals surface area contributed by atoms with Crippen molar-refractivity contribution >= 4 is 5.91 Å². The summed E-state index contributed by atoms with van der Waals surface area (Å²) >= 11 is 0. The van der Waals surface area contributed by atoms with E-state index in [0.717, 1.165) is 0 Å². The third kappa shape index (κ3) is 3.70. The van der Waals surface area contributed by atoms with Crippen molar-refractivity contribution in [3.63, 3.8) is 0 Å². The molecule has 0 aliphatic carbocycles. The van der Waals surface area contributed by atoms with Crippen LogP contribution < -0.4 is 0 Å². The van der Waals surface area contributed by atoms with Crippen LogP contribution in [0.2, 0.25) is 0 Å². The van der Waals surface area contributed by atoms with Crippen molar-refractivity contribution in [2.24, 2.45) is 0 Å². The molecule has 1 heterocycles. The molecule has 1 aliphatic heterocycles. The maximum Gasteiger partial charge on any atom is 0.267 e. The van der Waals surface area contributed by atoms with Gasteiger partial charge in [-0.1, -0.05) is 20.8 Å². The lowest BCUT2D eigenvalue weighted by Crippen LogP contribution is -2.30. The molecule has 13 heavy (non-hydrogen) atoms. The molecule has 78 valence electrons. The fraction of sp³-hybridized carbons (Fsp3) is 0.889. The molecular weight excluding hydrogens is 176 g/mol. The molecule has 0 saturated carbocycles. The lowest BCUT2D eigenvalue weighted by Gasteiger charge is -2.14. The number of hydrogen-bond acceptors (Lipinski definition) is 1. The number of nitrogens with zero attached hydrogens (tertiary/aromatic N) is 1. The largest absolute Gasteiger partial charge is 0.336 e. The Morgan fingerprint density at radius 3 is 2.31 bits per heavy atom. The second-order valence-corrected chi connectivity index (χ2v) is 2.77. The van der Waals surface area contributed by atoms with E-state index in [0.29, 0.717) is 6.42 Å². The molecular formula is C9H17F2NO. The molecule has 0 radical (unpaired) electrons.